The van der Waals surface area contributed by atoms with Crippen molar-refractivity contribution in [2.75, 3.05) is 11.4 Å². The molecule has 0 unspecified atom stereocenters. The maximum atomic E-state index is 13.1. The number of carbonyl (C=O) groups is 1. The number of hydrogen-bond donors (Lipinski definition) is 1. The number of aliphatic hydroxyl groups is 1. The second-order valence-electron chi connectivity index (χ2n) is 7.95. The summed E-state index contributed by atoms with van der Waals surface area (Å²) < 4.78 is 0. The van der Waals surface area contributed by atoms with Gasteiger partial charge >= 0.3 is 0 Å². The van der Waals surface area contributed by atoms with E-state index in [1.165, 1.54) is 5.56 Å². The predicted octanol–water partition coefficient (Wildman–Crippen LogP) is 4.41. The summed E-state index contributed by atoms with van der Waals surface area (Å²) in [5, 5.41) is 10.6. The molecule has 1 saturated carbocycles. The normalized spacial score (nSPS) is 30.3. The summed E-state index contributed by atoms with van der Waals surface area (Å²) in [7, 11) is 0. The van der Waals surface area contributed by atoms with Crippen LogP contribution in [0.25, 0.3) is 0 Å². The third kappa shape index (κ3) is 3.02. The molecule has 2 fully saturated rings. The highest BCUT2D eigenvalue weighted by atomic mass is 16.3. The van der Waals surface area contributed by atoms with Gasteiger partial charge < -0.3 is 10.0 Å². The van der Waals surface area contributed by atoms with Crippen LogP contribution in [0.5, 0.6) is 0 Å². The fraction of sp³-hybridized carbons (Fsp3) is 0.571. The molecular weight excluding hydrogens is 298 g/mol. The molecule has 1 heterocycles. The zero-order valence-corrected chi connectivity index (χ0v) is 14.9. The van der Waals surface area contributed by atoms with Gasteiger partial charge in [0.1, 0.15) is 0 Å². The molecule has 1 amide bonds. The van der Waals surface area contributed by atoms with Crippen molar-refractivity contribution in [3.05, 3.63) is 42.5 Å². The van der Waals surface area contributed by atoms with Crippen LogP contribution in [0, 0.1) is 5.41 Å². The summed E-state index contributed by atoms with van der Waals surface area (Å²) >= 11 is 0. The van der Waals surface area contributed by atoms with E-state index in [-0.39, 0.29) is 11.3 Å². The summed E-state index contributed by atoms with van der Waals surface area (Å²) in [5.41, 5.74) is 1.39. The van der Waals surface area contributed by atoms with Crippen LogP contribution in [0.2, 0.25) is 0 Å². The van der Waals surface area contributed by atoms with Gasteiger partial charge in [-0.25, -0.2) is 0 Å². The SMILES string of the molecule is C=CCC1(O)CCC2(CCN(c3ccc(C(C)C)cc3)C2=O)CC1. The molecule has 1 aromatic carbocycles. The van der Waals surface area contributed by atoms with Gasteiger partial charge in [0.05, 0.1) is 11.0 Å². The van der Waals surface area contributed by atoms with Gasteiger partial charge in [-0.2, -0.15) is 0 Å². The van der Waals surface area contributed by atoms with Crippen molar-refractivity contribution < 1.29 is 9.90 Å². The van der Waals surface area contributed by atoms with Crippen LogP contribution in [0.15, 0.2) is 36.9 Å². The Kier molecular flexibility index (Phi) is 4.56. The molecular formula is C21H29NO2. The van der Waals surface area contributed by atoms with Gasteiger partial charge in [-0.05, 0) is 62.1 Å². The van der Waals surface area contributed by atoms with E-state index in [0.29, 0.717) is 25.2 Å². The minimum absolute atomic E-state index is 0.250. The Morgan fingerprint density at radius 2 is 1.79 bits per heavy atom. The molecule has 0 bridgehead atoms. The van der Waals surface area contributed by atoms with Gasteiger partial charge in [-0.3, -0.25) is 4.79 Å². The lowest BCUT2D eigenvalue weighted by Crippen LogP contribution is -2.43. The first kappa shape index (κ1) is 17.2. The molecule has 0 radical (unpaired) electrons. The lowest BCUT2D eigenvalue weighted by molar-refractivity contribution is -0.130. The van der Waals surface area contributed by atoms with E-state index in [2.05, 4.69) is 44.7 Å². The van der Waals surface area contributed by atoms with Crippen LogP contribution in [-0.2, 0) is 4.79 Å². The molecule has 0 aromatic heterocycles. The monoisotopic (exact) mass is 327 g/mol. The molecule has 3 rings (SSSR count). The summed E-state index contributed by atoms with van der Waals surface area (Å²) in [5.74, 6) is 0.751. The molecule has 130 valence electrons. The molecule has 1 aliphatic heterocycles. The van der Waals surface area contributed by atoms with Crippen LogP contribution in [0.3, 0.4) is 0 Å². The number of rotatable bonds is 4. The zero-order chi connectivity index (χ0) is 17.4. The Morgan fingerprint density at radius 1 is 1.17 bits per heavy atom. The third-order valence-electron chi connectivity index (χ3n) is 6.05. The van der Waals surface area contributed by atoms with Gasteiger partial charge in [-0.15, -0.1) is 6.58 Å². The van der Waals surface area contributed by atoms with Crippen LogP contribution in [0.1, 0.15) is 63.9 Å². The number of hydrogen-bond acceptors (Lipinski definition) is 2. The van der Waals surface area contributed by atoms with Crippen molar-refractivity contribution in [2.45, 2.75) is 63.9 Å². The Hall–Kier alpha value is -1.61. The van der Waals surface area contributed by atoms with E-state index in [1.54, 1.807) is 6.08 Å². The lowest BCUT2D eigenvalue weighted by Gasteiger charge is -2.40. The zero-order valence-electron chi connectivity index (χ0n) is 14.9. The molecule has 0 atom stereocenters. The van der Waals surface area contributed by atoms with E-state index < -0.39 is 5.60 Å². The molecule has 3 heteroatoms. The third-order valence-corrected chi connectivity index (χ3v) is 6.05. The summed E-state index contributed by atoms with van der Waals surface area (Å²) in [4.78, 5) is 15.0. The quantitative estimate of drug-likeness (QED) is 0.832. The van der Waals surface area contributed by atoms with Gasteiger partial charge in [0, 0.05) is 12.2 Å². The van der Waals surface area contributed by atoms with Crippen molar-refractivity contribution in [3.8, 4) is 0 Å². The molecule has 1 aromatic rings. The van der Waals surface area contributed by atoms with Crippen molar-refractivity contribution in [2.24, 2.45) is 5.41 Å². The van der Waals surface area contributed by atoms with E-state index in [9.17, 15) is 9.90 Å². The van der Waals surface area contributed by atoms with Gasteiger partial charge in [0.25, 0.3) is 0 Å². The highest BCUT2D eigenvalue weighted by Crippen LogP contribution is 2.49. The average molecular weight is 327 g/mol. The maximum Gasteiger partial charge on any atom is 0.233 e. The number of anilines is 1. The molecule has 1 saturated heterocycles. The van der Waals surface area contributed by atoms with Crippen LogP contribution in [0.4, 0.5) is 5.69 Å². The smallest absolute Gasteiger partial charge is 0.233 e. The second kappa shape index (κ2) is 6.36. The fourth-order valence-corrected chi connectivity index (χ4v) is 4.24. The van der Waals surface area contributed by atoms with Gasteiger partial charge in [0.15, 0.2) is 0 Å². The Labute approximate surface area is 145 Å². The van der Waals surface area contributed by atoms with Crippen molar-refractivity contribution in [1.29, 1.82) is 0 Å². The number of nitrogens with zero attached hydrogens (tertiary/aromatic N) is 1. The molecule has 24 heavy (non-hydrogen) atoms. The summed E-state index contributed by atoms with van der Waals surface area (Å²) in [6, 6.07) is 8.40. The lowest BCUT2D eigenvalue weighted by atomic mass is 9.67. The predicted molar refractivity (Wildman–Crippen MR) is 98.2 cm³/mol. The highest BCUT2D eigenvalue weighted by Gasteiger charge is 2.51. The summed E-state index contributed by atoms with van der Waals surface area (Å²) in [6.45, 7) is 8.89. The van der Waals surface area contributed by atoms with Crippen LogP contribution >= 0.6 is 0 Å². The summed E-state index contributed by atoms with van der Waals surface area (Å²) in [6.07, 6.45) is 6.29. The largest absolute Gasteiger partial charge is 0.390 e. The first-order valence-corrected chi connectivity index (χ1v) is 9.14. The van der Waals surface area contributed by atoms with E-state index in [4.69, 9.17) is 0 Å². The minimum Gasteiger partial charge on any atom is -0.390 e. The number of benzene rings is 1. The number of amides is 1. The van der Waals surface area contributed by atoms with Crippen molar-refractivity contribution >= 4 is 11.6 Å². The van der Waals surface area contributed by atoms with Crippen LogP contribution in [-0.4, -0.2) is 23.2 Å². The first-order valence-electron chi connectivity index (χ1n) is 9.14. The second-order valence-corrected chi connectivity index (χ2v) is 7.95. The number of carbonyl (C=O) groups excluding carboxylic acids is 1. The molecule has 2 aliphatic rings. The highest BCUT2D eigenvalue weighted by molar-refractivity contribution is 6.00. The van der Waals surface area contributed by atoms with E-state index in [0.717, 1.165) is 31.5 Å². The van der Waals surface area contributed by atoms with Crippen LogP contribution < -0.4 is 4.90 Å². The topological polar surface area (TPSA) is 40.5 Å². The standard InChI is InChI=1S/C21H29NO2/c1-4-9-21(24)12-10-20(11-13-21)14-15-22(19(20)23)18-7-5-17(6-8-18)16(2)3/h4-8,16,24H,1,9-15H2,2-3H3. The Balaban J connectivity index is 1.72. The minimum atomic E-state index is -0.653. The van der Waals surface area contributed by atoms with E-state index >= 15 is 0 Å². The van der Waals surface area contributed by atoms with Crippen molar-refractivity contribution in [1.82, 2.24) is 0 Å². The maximum absolute atomic E-state index is 13.1. The average Bonchev–Trinajstić information content (AvgIpc) is 2.88. The Morgan fingerprint density at radius 3 is 2.33 bits per heavy atom. The van der Waals surface area contributed by atoms with Crippen molar-refractivity contribution in [3.63, 3.8) is 0 Å². The molecule has 1 aliphatic carbocycles. The Bertz CT molecular complexity index is 609. The molecule has 1 N–H and O–H groups in total. The van der Waals surface area contributed by atoms with E-state index in [1.807, 2.05) is 4.90 Å². The first-order chi connectivity index (χ1) is 11.4. The van der Waals surface area contributed by atoms with Gasteiger partial charge in [-0.1, -0.05) is 32.1 Å². The molecule has 3 nitrogen and oxygen atoms in total. The van der Waals surface area contributed by atoms with Gasteiger partial charge in [0.2, 0.25) is 5.91 Å². The fourth-order valence-electron chi connectivity index (χ4n) is 4.24. The molecule has 1 spiro atoms.